The van der Waals surface area contributed by atoms with Gasteiger partial charge in [-0.2, -0.15) is 0 Å². The standard InChI is InChI=1S/C23H19N5O4/c1-31-20-12-18-16(11-17(20)22(24)29)19(9-10-25-18)32-21-8-7-15(13-26-21)28-23(30)27-14-5-3-2-4-6-14/h2-13H,1H3,(H2,24,29)(H2,27,28,30). The number of carbonyl (C=O) groups is 2. The number of pyridine rings is 2. The zero-order valence-electron chi connectivity index (χ0n) is 17.0. The molecule has 3 amide bonds. The highest BCUT2D eigenvalue weighted by Crippen LogP contribution is 2.32. The second-order valence-electron chi connectivity index (χ2n) is 6.68. The van der Waals surface area contributed by atoms with Gasteiger partial charge in [0, 0.05) is 29.4 Å². The summed E-state index contributed by atoms with van der Waals surface area (Å²) in [5, 5.41) is 6.00. The van der Waals surface area contributed by atoms with Crippen molar-refractivity contribution in [1.82, 2.24) is 9.97 Å². The van der Waals surface area contributed by atoms with Crippen LogP contribution in [0.2, 0.25) is 0 Å². The number of hydrogen-bond acceptors (Lipinski definition) is 6. The second kappa shape index (κ2) is 9.00. The van der Waals surface area contributed by atoms with Crippen LogP contribution in [0.5, 0.6) is 17.4 Å². The third kappa shape index (κ3) is 4.57. The molecule has 0 aliphatic carbocycles. The molecule has 9 heteroatoms. The van der Waals surface area contributed by atoms with Gasteiger partial charge in [0.1, 0.15) is 11.5 Å². The normalized spacial score (nSPS) is 10.4. The van der Waals surface area contributed by atoms with Crippen LogP contribution in [0.15, 0.2) is 73.1 Å². The molecule has 160 valence electrons. The van der Waals surface area contributed by atoms with Crippen LogP contribution < -0.4 is 25.8 Å². The molecule has 0 aliphatic rings. The molecule has 0 fully saturated rings. The highest BCUT2D eigenvalue weighted by Gasteiger charge is 2.14. The highest BCUT2D eigenvalue weighted by molar-refractivity contribution is 6.01. The molecule has 9 nitrogen and oxygen atoms in total. The Bertz CT molecular complexity index is 1280. The number of nitrogens with zero attached hydrogens (tertiary/aromatic N) is 2. The predicted molar refractivity (Wildman–Crippen MR) is 120 cm³/mol. The zero-order valence-corrected chi connectivity index (χ0v) is 17.0. The molecule has 0 radical (unpaired) electrons. The maximum absolute atomic E-state index is 12.1. The molecule has 0 atom stereocenters. The molecule has 2 aromatic heterocycles. The van der Waals surface area contributed by atoms with E-state index in [-0.39, 0.29) is 11.6 Å². The van der Waals surface area contributed by atoms with Gasteiger partial charge in [0.15, 0.2) is 0 Å². The fourth-order valence-electron chi connectivity index (χ4n) is 3.04. The van der Waals surface area contributed by atoms with Crippen molar-refractivity contribution in [3.63, 3.8) is 0 Å². The smallest absolute Gasteiger partial charge is 0.323 e. The minimum Gasteiger partial charge on any atom is -0.496 e. The zero-order chi connectivity index (χ0) is 22.5. The Balaban J connectivity index is 1.51. The molecule has 0 saturated carbocycles. The maximum Gasteiger partial charge on any atom is 0.323 e. The van der Waals surface area contributed by atoms with E-state index in [1.54, 1.807) is 48.7 Å². The summed E-state index contributed by atoms with van der Waals surface area (Å²) < 4.78 is 11.1. The predicted octanol–water partition coefficient (Wildman–Crippen LogP) is 4.17. The van der Waals surface area contributed by atoms with E-state index in [2.05, 4.69) is 20.6 Å². The van der Waals surface area contributed by atoms with Gasteiger partial charge in [-0.25, -0.2) is 9.78 Å². The van der Waals surface area contributed by atoms with Crippen molar-refractivity contribution in [1.29, 1.82) is 0 Å². The molecule has 2 heterocycles. The largest absolute Gasteiger partial charge is 0.496 e. The number of methoxy groups -OCH3 is 1. The van der Waals surface area contributed by atoms with Crippen molar-refractivity contribution < 1.29 is 19.1 Å². The number of ether oxygens (including phenoxy) is 2. The lowest BCUT2D eigenvalue weighted by atomic mass is 10.1. The van der Waals surface area contributed by atoms with Gasteiger partial charge in [0.2, 0.25) is 5.88 Å². The molecular weight excluding hydrogens is 410 g/mol. The molecule has 32 heavy (non-hydrogen) atoms. The van der Waals surface area contributed by atoms with Crippen LogP contribution in [-0.4, -0.2) is 29.0 Å². The number of amides is 3. The molecule has 4 N–H and O–H groups in total. The number of nitrogens with one attached hydrogen (secondary N) is 2. The van der Waals surface area contributed by atoms with Crippen molar-refractivity contribution in [2.24, 2.45) is 5.73 Å². The summed E-state index contributed by atoms with van der Waals surface area (Å²) in [7, 11) is 1.45. The van der Waals surface area contributed by atoms with E-state index in [1.165, 1.54) is 13.3 Å². The molecular formula is C23H19N5O4. The molecule has 0 aliphatic heterocycles. The fraction of sp³-hybridized carbons (Fsp3) is 0.0435. The lowest BCUT2D eigenvalue weighted by Crippen LogP contribution is -2.19. The molecule has 0 bridgehead atoms. The van der Waals surface area contributed by atoms with Gasteiger partial charge >= 0.3 is 6.03 Å². The Hall–Kier alpha value is -4.66. The Morgan fingerprint density at radius 2 is 1.69 bits per heavy atom. The van der Waals surface area contributed by atoms with E-state index >= 15 is 0 Å². The molecule has 4 rings (SSSR count). The topological polar surface area (TPSA) is 128 Å². The van der Waals surface area contributed by atoms with Crippen LogP contribution in [-0.2, 0) is 0 Å². The van der Waals surface area contributed by atoms with E-state index in [0.717, 1.165) is 0 Å². The number of aromatic nitrogens is 2. The fourth-order valence-corrected chi connectivity index (χ4v) is 3.04. The van der Waals surface area contributed by atoms with Crippen molar-refractivity contribution in [2.75, 3.05) is 17.7 Å². The quantitative estimate of drug-likeness (QED) is 0.422. The molecule has 2 aromatic carbocycles. The van der Waals surface area contributed by atoms with Gasteiger partial charge in [0.05, 0.1) is 30.1 Å². The number of para-hydroxylation sites is 1. The van der Waals surface area contributed by atoms with Crippen LogP contribution in [0.1, 0.15) is 10.4 Å². The van der Waals surface area contributed by atoms with Crippen molar-refractivity contribution in [3.8, 4) is 17.4 Å². The van der Waals surface area contributed by atoms with Crippen molar-refractivity contribution in [3.05, 3.63) is 78.6 Å². The summed E-state index contributed by atoms with van der Waals surface area (Å²) in [5.74, 6) is 0.441. The summed E-state index contributed by atoms with van der Waals surface area (Å²) >= 11 is 0. The Labute approximate surface area is 183 Å². The number of benzene rings is 2. The van der Waals surface area contributed by atoms with Crippen LogP contribution in [0.4, 0.5) is 16.2 Å². The summed E-state index contributed by atoms with van der Waals surface area (Å²) in [6.45, 7) is 0. The van der Waals surface area contributed by atoms with Gasteiger partial charge in [-0.05, 0) is 30.3 Å². The first-order chi connectivity index (χ1) is 15.5. The van der Waals surface area contributed by atoms with Crippen LogP contribution in [0.25, 0.3) is 10.9 Å². The molecule has 0 unspecified atom stereocenters. The molecule has 0 saturated heterocycles. The monoisotopic (exact) mass is 429 g/mol. The average Bonchev–Trinajstić information content (AvgIpc) is 2.80. The number of carbonyl (C=O) groups excluding carboxylic acids is 2. The third-order valence-electron chi connectivity index (χ3n) is 4.53. The van der Waals surface area contributed by atoms with E-state index < -0.39 is 5.91 Å². The van der Waals surface area contributed by atoms with E-state index in [4.69, 9.17) is 15.2 Å². The highest BCUT2D eigenvalue weighted by atomic mass is 16.5. The number of anilines is 2. The van der Waals surface area contributed by atoms with Crippen LogP contribution >= 0.6 is 0 Å². The van der Waals surface area contributed by atoms with E-state index in [9.17, 15) is 9.59 Å². The Kier molecular flexibility index (Phi) is 5.80. The van der Waals surface area contributed by atoms with Crippen LogP contribution in [0.3, 0.4) is 0 Å². The summed E-state index contributed by atoms with van der Waals surface area (Å²) in [6.07, 6.45) is 3.05. The lowest BCUT2D eigenvalue weighted by Gasteiger charge is -2.12. The van der Waals surface area contributed by atoms with E-state index in [1.807, 2.05) is 18.2 Å². The van der Waals surface area contributed by atoms with Gasteiger partial charge in [-0.15, -0.1) is 0 Å². The lowest BCUT2D eigenvalue weighted by molar-refractivity contribution is 0.0997. The summed E-state index contributed by atoms with van der Waals surface area (Å²) in [4.78, 5) is 32.4. The van der Waals surface area contributed by atoms with Crippen molar-refractivity contribution >= 4 is 34.2 Å². The number of hydrogen-bond donors (Lipinski definition) is 3. The summed E-state index contributed by atoms with van der Waals surface area (Å²) in [5.41, 5.74) is 7.41. The van der Waals surface area contributed by atoms with Gasteiger partial charge < -0.3 is 25.8 Å². The van der Waals surface area contributed by atoms with Crippen molar-refractivity contribution in [2.45, 2.75) is 0 Å². The number of fused-ring (bicyclic) bond motifs is 1. The number of primary amides is 1. The third-order valence-corrected chi connectivity index (χ3v) is 4.53. The second-order valence-corrected chi connectivity index (χ2v) is 6.68. The SMILES string of the molecule is COc1cc2nccc(Oc3ccc(NC(=O)Nc4ccccc4)cn3)c2cc1C(N)=O. The van der Waals surface area contributed by atoms with Gasteiger partial charge in [0.25, 0.3) is 5.91 Å². The first kappa shape index (κ1) is 20.6. The van der Waals surface area contributed by atoms with E-state index in [0.29, 0.717) is 39.7 Å². The Morgan fingerprint density at radius 1 is 0.906 bits per heavy atom. The van der Waals surface area contributed by atoms with Crippen LogP contribution in [0, 0.1) is 0 Å². The summed E-state index contributed by atoms with van der Waals surface area (Å²) in [6, 6.07) is 16.8. The molecule has 4 aromatic rings. The molecule has 0 spiro atoms. The maximum atomic E-state index is 12.1. The van der Waals surface area contributed by atoms with Gasteiger partial charge in [-0.3, -0.25) is 9.78 Å². The minimum atomic E-state index is -0.624. The average molecular weight is 429 g/mol. The first-order valence-electron chi connectivity index (χ1n) is 9.57. The number of nitrogens with two attached hydrogens (primary N) is 1. The minimum absolute atomic E-state index is 0.217. The number of rotatable bonds is 6. The Morgan fingerprint density at radius 3 is 2.38 bits per heavy atom. The number of urea groups is 1. The van der Waals surface area contributed by atoms with Gasteiger partial charge in [-0.1, -0.05) is 18.2 Å². The first-order valence-corrected chi connectivity index (χ1v) is 9.57.